The van der Waals surface area contributed by atoms with E-state index in [1.165, 1.54) is 6.92 Å². The Bertz CT molecular complexity index is 734. The van der Waals surface area contributed by atoms with E-state index < -0.39 is 0 Å². The van der Waals surface area contributed by atoms with Crippen LogP contribution in [0.15, 0.2) is 48.5 Å². The number of hydrogen-bond acceptors (Lipinski definition) is 3. The van der Waals surface area contributed by atoms with Gasteiger partial charge in [-0.1, -0.05) is 29.8 Å². The second-order valence-corrected chi connectivity index (χ2v) is 5.52. The summed E-state index contributed by atoms with van der Waals surface area (Å²) in [6.07, 6.45) is 0. The summed E-state index contributed by atoms with van der Waals surface area (Å²) in [7, 11) is 1.57. The molecule has 0 radical (unpaired) electrons. The van der Waals surface area contributed by atoms with Crippen LogP contribution in [0, 0.1) is 0 Å². The monoisotopic (exact) mass is 346 g/mol. The van der Waals surface area contributed by atoms with Gasteiger partial charge in [-0.05, 0) is 24.3 Å². The molecule has 0 heterocycles. The zero-order chi connectivity index (χ0) is 17.5. The van der Waals surface area contributed by atoms with Gasteiger partial charge in [0, 0.05) is 31.8 Å². The van der Waals surface area contributed by atoms with Gasteiger partial charge in [-0.25, -0.2) is 0 Å². The van der Waals surface area contributed by atoms with Gasteiger partial charge < -0.3 is 15.0 Å². The zero-order valence-electron chi connectivity index (χ0n) is 13.6. The lowest BCUT2D eigenvalue weighted by Gasteiger charge is -2.22. The van der Waals surface area contributed by atoms with Crippen LogP contribution in [-0.4, -0.2) is 32.0 Å². The van der Waals surface area contributed by atoms with Gasteiger partial charge in [0.05, 0.1) is 17.7 Å². The van der Waals surface area contributed by atoms with E-state index in [0.717, 1.165) is 0 Å². The maximum Gasteiger partial charge on any atom is 0.252 e. The summed E-state index contributed by atoms with van der Waals surface area (Å²) in [4.78, 5) is 25.6. The Balaban J connectivity index is 2.01. The molecule has 1 N–H and O–H groups in total. The summed E-state index contributed by atoms with van der Waals surface area (Å²) < 4.78 is 5.18. The molecule has 0 bridgehead atoms. The van der Waals surface area contributed by atoms with Crippen molar-refractivity contribution in [3.05, 3.63) is 59.1 Å². The quantitative estimate of drug-likeness (QED) is 0.874. The minimum absolute atomic E-state index is 0.116. The van der Waals surface area contributed by atoms with Crippen LogP contribution in [0.1, 0.15) is 17.3 Å². The third kappa shape index (κ3) is 4.49. The fourth-order valence-electron chi connectivity index (χ4n) is 2.27. The lowest BCUT2D eigenvalue weighted by Crippen LogP contribution is -2.37. The predicted molar refractivity (Wildman–Crippen MR) is 94.8 cm³/mol. The number of hydrogen-bond donors (Lipinski definition) is 1. The van der Waals surface area contributed by atoms with E-state index in [2.05, 4.69) is 5.32 Å². The number of carbonyl (C=O) groups excluding carboxylic acids is 2. The largest absolute Gasteiger partial charge is 0.497 e. The first kappa shape index (κ1) is 17.8. The van der Waals surface area contributed by atoms with Gasteiger partial charge in [0.15, 0.2) is 0 Å². The van der Waals surface area contributed by atoms with Crippen molar-refractivity contribution in [2.24, 2.45) is 0 Å². The first-order valence-electron chi connectivity index (χ1n) is 7.48. The zero-order valence-corrected chi connectivity index (χ0v) is 14.3. The molecule has 0 atom stereocenters. The number of carbonyl (C=O) groups is 2. The summed E-state index contributed by atoms with van der Waals surface area (Å²) in [5, 5.41) is 3.17. The Morgan fingerprint density at radius 3 is 2.58 bits per heavy atom. The van der Waals surface area contributed by atoms with Gasteiger partial charge >= 0.3 is 0 Å². The Morgan fingerprint density at radius 1 is 1.17 bits per heavy atom. The van der Waals surface area contributed by atoms with E-state index in [-0.39, 0.29) is 11.8 Å². The third-order valence-electron chi connectivity index (χ3n) is 3.48. The summed E-state index contributed by atoms with van der Waals surface area (Å²) in [6, 6.07) is 14.0. The molecule has 6 heteroatoms. The summed E-state index contributed by atoms with van der Waals surface area (Å²) in [5.41, 5.74) is 1.13. The second kappa shape index (κ2) is 8.36. The highest BCUT2D eigenvalue weighted by molar-refractivity contribution is 6.33. The van der Waals surface area contributed by atoms with Gasteiger partial charge in [0.1, 0.15) is 5.75 Å². The van der Waals surface area contributed by atoms with Crippen LogP contribution in [0.25, 0.3) is 0 Å². The minimum Gasteiger partial charge on any atom is -0.497 e. The number of nitrogens with zero attached hydrogens (tertiary/aromatic N) is 1. The molecule has 2 aromatic rings. The van der Waals surface area contributed by atoms with E-state index in [0.29, 0.717) is 35.1 Å². The molecule has 0 aliphatic carbocycles. The molecule has 0 aliphatic heterocycles. The Hall–Kier alpha value is -2.53. The van der Waals surface area contributed by atoms with Crippen LogP contribution in [0.2, 0.25) is 5.02 Å². The highest BCUT2D eigenvalue weighted by atomic mass is 35.5. The van der Waals surface area contributed by atoms with Gasteiger partial charge in [0.25, 0.3) is 5.91 Å². The van der Waals surface area contributed by atoms with Crippen LogP contribution in [0.3, 0.4) is 0 Å². The SMILES string of the molecule is COc1cccc(N(CCNC(=O)c2ccccc2Cl)C(C)=O)c1. The van der Waals surface area contributed by atoms with Crippen molar-refractivity contribution in [2.75, 3.05) is 25.1 Å². The van der Waals surface area contributed by atoms with Crippen molar-refractivity contribution < 1.29 is 14.3 Å². The van der Waals surface area contributed by atoms with Crippen molar-refractivity contribution in [3.63, 3.8) is 0 Å². The number of methoxy groups -OCH3 is 1. The van der Waals surface area contributed by atoms with Crippen molar-refractivity contribution in [1.82, 2.24) is 5.32 Å². The minimum atomic E-state index is -0.269. The molecule has 2 amide bonds. The maximum atomic E-state index is 12.1. The lowest BCUT2D eigenvalue weighted by molar-refractivity contribution is -0.116. The molecular weight excluding hydrogens is 328 g/mol. The molecule has 126 valence electrons. The van der Waals surface area contributed by atoms with Crippen LogP contribution >= 0.6 is 11.6 Å². The fourth-order valence-corrected chi connectivity index (χ4v) is 2.49. The fraction of sp³-hybridized carbons (Fsp3) is 0.222. The molecule has 5 nitrogen and oxygen atoms in total. The molecule has 24 heavy (non-hydrogen) atoms. The normalized spacial score (nSPS) is 10.1. The predicted octanol–water partition coefficient (Wildman–Crippen LogP) is 3.13. The van der Waals surface area contributed by atoms with E-state index >= 15 is 0 Å². The number of amides is 2. The van der Waals surface area contributed by atoms with E-state index in [1.54, 1.807) is 48.4 Å². The number of rotatable bonds is 6. The Morgan fingerprint density at radius 2 is 1.92 bits per heavy atom. The standard InChI is InChI=1S/C18H19ClN2O3/c1-13(22)21(14-6-5-7-15(12-14)24-2)11-10-20-18(23)16-8-3-4-9-17(16)19/h3-9,12H,10-11H2,1-2H3,(H,20,23). The molecule has 0 spiro atoms. The average molecular weight is 347 g/mol. The van der Waals surface area contributed by atoms with Crippen molar-refractivity contribution in [2.45, 2.75) is 6.92 Å². The lowest BCUT2D eigenvalue weighted by atomic mass is 10.2. The number of halogens is 1. The number of ether oxygens (including phenoxy) is 1. The van der Waals surface area contributed by atoms with Crippen LogP contribution in [0.5, 0.6) is 5.75 Å². The molecule has 0 fully saturated rings. The van der Waals surface area contributed by atoms with Crippen molar-refractivity contribution in [3.8, 4) is 5.75 Å². The van der Waals surface area contributed by atoms with Gasteiger partial charge in [-0.2, -0.15) is 0 Å². The third-order valence-corrected chi connectivity index (χ3v) is 3.81. The van der Waals surface area contributed by atoms with Crippen molar-refractivity contribution in [1.29, 1.82) is 0 Å². The molecular formula is C18H19ClN2O3. The highest BCUT2D eigenvalue weighted by Gasteiger charge is 2.14. The van der Waals surface area contributed by atoms with Gasteiger partial charge in [-0.3, -0.25) is 9.59 Å². The van der Waals surface area contributed by atoms with Crippen LogP contribution < -0.4 is 15.0 Å². The molecule has 0 aromatic heterocycles. The number of benzene rings is 2. The molecule has 0 saturated carbocycles. The smallest absolute Gasteiger partial charge is 0.252 e. The van der Waals surface area contributed by atoms with Gasteiger partial charge in [0.2, 0.25) is 5.91 Å². The van der Waals surface area contributed by atoms with E-state index in [1.807, 2.05) is 12.1 Å². The summed E-state index contributed by atoms with van der Waals surface area (Å²) in [6.45, 7) is 2.13. The number of anilines is 1. The molecule has 0 unspecified atom stereocenters. The van der Waals surface area contributed by atoms with Crippen LogP contribution in [0.4, 0.5) is 5.69 Å². The average Bonchev–Trinajstić information content (AvgIpc) is 2.58. The molecule has 0 saturated heterocycles. The van der Waals surface area contributed by atoms with Gasteiger partial charge in [-0.15, -0.1) is 0 Å². The first-order chi connectivity index (χ1) is 11.5. The van der Waals surface area contributed by atoms with E-state index in [4.69, 9.17) is 16.3 Å². The molecule has 2 rings (SSSR count). The maximum absolute atomic E-state index is 12.1. The summed E-state index contributed by atoms with van der Waals surface area (Å²) >= 11 is 6.00. The van der Waals surface area contributed by atoms with E-state index in [9.17, 15) is 9.59 Å². The Kier molecular flexibility index (Phi) is 6.21. The first-order valence-corrected chi connectivity index (χ1v) is 7.85. The molecule has 0 aliphatic rings. The second-order valence-electron chi connectivity index (χ2n) is 5.11. The van der Waals surface area contributed by atoms with Crippen molar-refractivity contribution >= 4 is 29.1 Å². The highest BCUT2D eigenvalue weighted by Crippen LogP contribution is 2.21. The Labute approximate surface area is 146 Å². The topological polar surface area (TPSA) is 58.6 Å². The molecule has 2 aromatic carbocycles. The van der Waals surface area contributed by atoms with Crippen LogP contribution in [-0.2, 0) is 4.79 Å². The number of nitrogens with one attached hydrogen (secondary N) is 1. The summed E-state index contributed by atoms with van der Waals surface area (Å²) in [5.74, 6) is 0.281.